The van der Waals surface area contributed by atoms with E-state index in [0.717, 1.165) is 25.1 Å². The largest absolute Gasteiger partial charge is 0.375 e. The van der Waals surface area contributed by atoms with Crippen LogP contribution in [0.1, 0.15) is 55.8 Å². The summed E-state index contributed by atoms with van der Waals surface area (Å²) in [6.45, 7) is 2.93. The van der Waals surface area contributed by atoms with Crippen molar-refractivity contribution in [2.45, 2.75) is 57.1 Å². The highest BCUT2D eigenvalue weighted by Crippen LogP contribution is 2.44. The Morgan fingerprint density at radius 3 is 2.84 bits per heavy atom. The number of aryl methyl sites for hydroxylation is 2. The van der Waals surface area contributed by atoms with Crippen LogP contribution in [-0.2, 0) is 11.8 Å². The summed E-state index contributed by atoms with van der Waals surface area (Å²) in [7, 11) is 1.96. The smallest absolute Gasteiger partial charge is 0.0685 e. The maximum Gasteiger partial charge on any atom is 0.0685 e. The first kappa shape index (κ1) is 13.1. The van der Waals surface area contributed by atoms with Crippen molar-refractivity contribution in [3.8, 4) is 0 Å². The molecule has 2 N–H and O–H groups in total. The molecule has 4 heteroatoms. The normalized spacial score (nSPS) is 27.8. The SMILES string of the molecule is Cc1nn(C)cc1C(N)C1CCOC2(CCCC2)C1. The Balaban J connectivity index is 1.76. The lowest BCUT2D eigenvalue weighted by atomic mass is 9.79. The first-order valence-corrected chi connectivity index (χ1v) is 7.49. The van der Waals surface area contributed by atoms with Gasteiger partial charge in [0.25, 0.3) is 0 Å². The lowest BCUT2D eigenvalue weighted by Gasteiger charge is -2.40. The number of nitrogens with two attached hydrogens (primary N) is 1. The molecule has 19 heavy (non-hydrogen) atoms. The fourth-order valence-corrected chi connectivity index (χ4v) is 3.94. The second-order valence-corrected chi connectivity index (χ2v) is 6.36. The highest BCUT2D eigenvalue weighted by Gasteiger charge is 2.41. The Labute approximate surface area is 115 Å². The van der Waals surface area contributed by atoms with E-state index in [4.69, 9.17) is 10.5 Å². The van der Waals surface area contributed by atoms with Crippen molar-refractivity contribution in [2.24, 2.45) is 18.7 Å². The van der Waals surface area contributed by atoms with Crippen LogP contribution in [0, 0.1) is 12.8 Å². The lowest BCUT2D eigenvalue weighted by Crippen LogP contribution is -2.40. The van der Waals surface area contributed by atoms with Gasteiger partial charge in [-0.15, -0.1) is 0 Å². The van der Waals surface area contributed by atoms with E-state index in [0.29, 0.717) is 5.92 Å². The second-order valence-electron chi connectivity index (χ2n) is 6.36. The summed E-state index contributed by atoms with van der Waals surface area (Å²) in [4.78, 5) is 0. The quantitative estimate of drug-likeness (QED) is 0.891. The zero-order chi connectivity index (χ0) is 13.5. The third-order valence-corrected chi connectivity index (χ3v) is 4.96. The third kappa shape index (κ3) is 2.43. The maximum absolute atomic E-state index is 6.53. The monoisotopic (exact) mass is 263 g/mol. The van der Waals surface area contributed by atoms with Crippen molar-refractivity contribution in [2.75, 3.05) is 6.61 Å². The predicted octanol–water partition coefficient (Wildman–Crippen LogP) is 2.47. The van der Waals surface area contributed by atoms with Gasteiger partial charge in [0, 0.05) is 31.5 Å². The van der Waals surface area contributed by atoms with Gasteiger partial charge in [0.1, 0.15) is 0 Å². The van der Waals surface area contributed by atoms with Crippen molar-refractivity contribution in [3.05, 3.63) is 17.5 Å². The van der Waals surface area contributed by atoms with E-state index in [1.165, 1.54) is 31.2 Å². The molecule has 0 bridgehead atoms. The summed E-state index contributed by atoms with van der Waals surface area (Å²) in [5.74, 6) is 0.537. The molecule has 0 aromatic carbocycles. The minimum Gasteiger partial charge on any atom is -0.375 e. The molecule has 4 nitrogen and oxygen atoms in total. The standard InChI is InChI=1S/C15H25N3O/c1-11-13(10-18(2)17-11)14(16)12-5-8-19-15(9-12)6-3-4-7-15/h10,12,14H,3-9,16H2,1-2H3. The number of ether oxygens (including phenoxy) is 1. The zero-order valence-electron chi connectivity index (χ0n) is 12.1. The number of nitrogens with zero attached hydrogens (tertiary/aromatic N) is 2. The molecule has 1 aromatic heterocycles. The zero-order valence-corrected chi connectivity index (χ0v) is 12.1. The van der Waals surface area contributed by atoms with E-state index in [2.05, 4.69) is 18.2 Å². The predicted molar refractivity (Wildman–Crippen MR) is 74.7 cm³/mol. The second kappa shape index (κ2) is 4.91. The molecule has 2 aliphatic rings. The van der Waals surface area contributed by atoms with Crippen LogP contribution in [0.15, 0.2) is 6.20 Å². The number of hydrogen-bond acceptors (Lipinski definition) is 3. The molecular weight excluding hydrogens is 238 g/mol. The highest BCUT2D eigenvalue weighted by molar-refractivity contribution is 5.21. The molecular formula is C15H25N3O. The molecule has 2 heterocycles. The highest BCUT2D eigenvalue weighted by atomic mass is 16.5. The van der Waals surface area contributed by atoms with Crippen LogP contribution >= 0.6 is 0 Å². The molecule has 2 fully saturated rings. The van der Waals surface area contributed by atoms with Crippen molar-refractivity contribution >= 4 is 0 Å². The van der Waals surface area contributed by atoms with E-state index < -0.39 is 0 Å². The average Bonchev–Trinajstić information content (AvgIpc) is 2.96. The first-order chi connectivity index (χ1) is 9.10. The van der Waals surface area contributed by atoms with Crippen LogP contribution in [0.3, 0.4) is 0 Å². The van der Waals surface area contributed by atoms with Crippen LogP contribution in [0.4, 0.5) is 0 Å². The molecule has 2 unspecified atom stereocenters. The molecule has 1 spiro atoms. The molecule has 2 atom stereocenters. The molecule has 1 saturated heterocycles. The Hall–Kier alpha value is -0.870. The van der Waals surface area contributed by atoms with Gasteiger partial charge in [0.05, 0.1) is 11.3 Å². The number of hydrogen-bond donors (Lipinski definition) is 1. The summed E-state index contributed by atoms with van der Waals surface area (Å²) >= 11 is 0. The summed E-state index contributed by atoms with van der Waals surface area (Å²) in [6.07, 6.45) is 9.36. The third-order valence-electron chi connectivity index (χ3n) is 4.96. The van der Waals surface area contributed by atoms with Crippen LogP contribution in [-0.4, -0.2) is 22.0 Å². The van der Waals surface area contributed by atoms with Crippen LogP contribution in [0.5, 0.6) is 0 Å². The van der Waals surface area contributed by atoms with Gasteiger partial charge in [-0.2, -0.15) is 5.10 Å². The van der Waals surface area contributed by atoms with Gasteiger partial charge in [-0.05, 0) is 38.5 Å². The molecule has 1 saturated carbocycles. The summed E-state index contributed by atoms with van der Waals surface area (Å²) in [5, 5.41) is 4.42. The van der Waals surface area contributed by atoms with E-state index in [-0.39, 0.29) is 11.6 Å². The van der Waals surface area contributed by atoms with Gasteiger partial charge >= 0.3 is 0 Å². The van der Waals surface area contributed by atoms with Gasteiger partial charge in [0.15, 0.2) is 0 Å². The van der Waals surface area contributed by atoms with Crippen molar-refractivity contribution < 1.29 is 4.74 Å². The van der Waals surface area contributed by atoms with Crippen LogP contribution < -0.4 is 5.73 Å². The van der Waals surface area contributed by atoms with E-state index in [1.54, 1.807) is 0 Å². The average molecular weight is 263 g/mol. The van der Waals surface area contributed by atoms with E-state index >= 15 is 0 Å². The number of rotatable bonds is 2. The van der Waals surface area contributed by atoms with Gasteiger partial charge in [0.2, 0.25) is 0 Å². The van der Waals surface area contributed by atoms with Gasteiger partial charge in [-0.1, -0.05) is 12.8 Å². The van der Waals surface area contributed by atoms with Crippen LogP contribution in [0.2, 0.25) is 0 Å². The van der Waals surface area contributed by atoms with Crippen molar-refractivity contribution in [1.29, 1.82) is 0 Å². The lowest BCUT2D eigenvalue weighted by molar-refractivity contribution is -0.0964. The maximum atomic E-state index is 6.53. The van der Waals surface area contributed by atoms with Gasteiger partial charge in [-0.25, -0.2) is 0 Å². The molecule has 1 aromatic rings. The minimum atomic E-state index is 0.107. The molecule has 0 radical (unpaired) electrons. The Morgan fingerprint density at radius 1 is 1.47 bits per heavy atom. The fraction of sp³-hybridized carbons (Fsp3) is 0.800. The Morgan fingerprint density at radius 2 is 2.21 bits per heavy atom. The van der Waals surface area contributed by atoms with Crippen molar-refractivity contribution in [3.63, 3.8) is 0 Å². The molecule has 3 rings (SSSR count). The van der Waals surface area contributed by atoms with Gasteiger partial charge in [-0.3, -0.25) is 4.68 Å². The molecule has 0 amide bonds. The first-order valence-electron chi connectivity index (χ1n) is 7.49. The summed E-state index contributed by atoms with van der Waals surface area (Å²) in [6, 6.07) is 0.107. The minimum absolute atomic E-state index is 0.107. The Bertz CT molecular complexity index is 448. The van der Waals surface area contributed by atoms with Crippen LogP contribution in [0.25, 0.3) is 0 Å². The Kier molecular flexibility index (Phi) is 3.39. The topological polar surface area (TPSA) is 53.1 Å². The molecule has 106 valence electrons. The molecule has 1 aliphatic carbocycles. The fourth-order valence-electron chi connectivity index (χ4n) is 3.94. The molecule has 1 aliphatic heterocycles. The van der Waals surface area contributed by atoms with E-state index in [1.807, 2.05) is 11.7 Å². The van der Waals surface area contributed by atoms with E-state index in [9.17, 15) is 0 Å². The summed E-state index contributed by atoms with van der Waals surface area (Å²) in [5.41, 5.74) is 8.96. The summed E-state index contributed by atoms with van der Waals surface area (Å²) < 4.78 is 7.97. The number of aromatic nitrogens is 2. The van der Waals surface area contributed by atoms with Crippen molar-refractivity contribution in [1.82, 2.24) is 9.78 Å². The van der Waals surface area contributed by atoms with Gasteiger partial charge < -0.3 is 10.5 Å².